The van der Waals surface area contributed by atoms with E-state index in [9.17, 15) is 5.26 Å². The van der Waals surface area contributed by atoms with E-state index in [1.54, 1.807) is 13.2 Å². The Morgan fingerprint density at radius 1 is 1.29 bits per heavy atom. The molecule has 6 heteroatoms. The van der Waals surface area contributed by atoms with E-state index in [0.29, 0.717) is 33.1 Å². The molecule has 0 aliphatic rings. The summed E-state index contributed by atoms with van der Waals surface area (Å²) in [5, 5.41) is 10.7. The van der Waals surface area contributed by atoms with Crippen molar-refractivity contribution in [1.29, 1.82) is 5.26 Å². The summed E-state index contributed by atoms with van der Waals surface area (Å²) in [4.78, 5) is 4.58. The van der Waals surface area contributed by atoms with Crippen molar-refractivity contribution in [1.82, 2.24) is 9.55 Å². The van der Waals surface area contributed by atoms with Crippen LogP contribution >= 0.6 is 11.6 Å². The van der Waals surface area contributed by atoms with Gasteiger partial charge in [-0.15, -0.1) is 0 Å². The predicted octanol–water partition coefficient (Wildman–Crippen LogP) is 4.07. The van der Waals surface area contributed by atoms with Gasteiger partial charge in [0.05, 0.1) is 23.5 Å². The second-order valence-corrected chi connectivity index (χ2v) is 6.10. The molecule has 2 aromatic heterocycles. The van der Waals surface area contributed by atoms with Gasteiger partial charge in [0.2, 0.25) is 0 Å². The molecule has 5 nitrogen and oxygen atoms in total. The highest BCUT2D eigenvalue weighted by atomic mass is 35.5. The van der Waals surface area contributed by atoms with E-state index in [4.69, 9.17) is 22.1 Å². The van der Waals surface area contributed by atoms with Crippen LogP contribution in [0, 0.1) is 32.1 Å². The van der Waals surface area contributed by atoms with Gasteiger partial charge in [-0.25, -0.2) is 4.98 Å². The normalized spacial score (nSPS) is 10.8. The number of nitriles is 1. The zero-order valence-corrected chi connectivity index (χ0v) is 14.7. The van der Waals surface area contributed by atoms with E-state index in [2.05, 4.69) is 11.1 Å². The van der Waals surface area contributed by atoms with Crippen LogP contribution in [-0.2, 0) is 0 Å². The fourth-order valence-corrected chi connectivity index (χ4v) is 3.16. The number of ether oxygens (including phenoxy) is 1. The number of hydrogen-bond acceptors (Lipinski definition) is 4. The van der Waals surface area contributed by atoms with Crippen LogP contribution in [-0.4, -0.2) is 16.7 Å². The smallest absolute Gasteiger partial charge is 0.147 e. The molecule has 2 heterocycles. The Morgan fingerprint density at radius 3 is 2.62 bits per heavy atom. The van der Waals surface area contributed by atoms with Crippen molar-refractivity contribution in [2.45, 2.75) is 20.8 Å². The highest BCUT2D eigenvalue weighted by Crippen LogP contribution is 2.36. The van der Waals surface area contributed by atoms with Crippen molar-refractivity contribution >= 4 is 28.5 Å². The molecule has 0 saturated heterocycles. The molecule has 0 aliphatic carbocycles. The van der Waals surface area contributed by atoms with Crippen molar-refractivity contribution in [3.05, 3.63) is 45.6 Å². The molecule has 0 aliphatic heterocycles. The molecule has 24 heavy (non-hydrogen) atoms. The van der Waals surface area contributed by atoms with Crippen molar-refractivity contribution in [3.8, 4) is 17.5 Å². The fourth-order valence-electron chi connectivity index (χ4n) is 3.01. The van der Waals surface area contributed by atoms with Gasteiger partial charge in [0.1, 0.15) is 28.8 Å². The van der Waals surface area contributed by atoms with Gasteiger partial charge >= 0.3 is 0 Å². The molecule has 0 amide bonds. The molecule has 0 bridgehead atoms. The average Bonchev–Trinajstić information content (AvgIpc) is 2.80. The fraction of sp³-hybridized carbons (Fsp3) is 0.222. The first-order valence-electron chi connectivity index (χ1n) is 7.42. The minimum atomic E-state index is 0.348. The number of anilines is 1. The molecule has 0 fully saturated rings. The largest absolute Gasteiger partial charge is 0.496 e. The maximum atomic E-state index is 9.54. The second-order valence-electron chi connectivity index (χ2n) is 5.69. The number of rotatable bonds is 2. The lowest BCUT2D eigenvalue weighted by molar-refractivity contribution is 0.411. The minimum Gasteiger partial charge on any atom is -0.496 e. The van der Waals surface area contributed by atoms with Crippen LogP contribution in [0.15, 0.2) is 18.2 Å². The van der Waals surface area contributed by atoms with E-state index in [1.165, 1.54) is 0 Å². The van der Waals surface area contributed by atoms with Crippen LogP contribution < -0.4 is 10.5 Å². The van der Waals surface area contributed by atoms with Crippen molar-refractivity contribution in [3.63, 3.8) is 0 Å². The van der Waals surface area contributed by atoms with Gasteiger partial charge in [0.15, 0.2) is 0 Å². The van der Waals surface area contributed by atoms with Crippen molar-refractivity contribution in [2.75, 3.05) is 12.8 Å². The van der Waals surface area contributed by atoms with Gasteiger partial charge in [-0.05, 0) is 38.5 Å². The van der Waals surface area contributed by atoms with Crippen LogP contribution in [0.25, 0.3) is 16.7 Å². The van der Waals surface area contributed by atoms with E-state index >= 15 is 0 Å². The Bertz CT molecular complexity index is 1010. The molecule has 0 unspecified atom stereocenters. The molecule has 2 N–H and O–H groups in total. The third-order valence-corrected chi connectivity index (χ3v) is 4.63. The quantitative estimate of drug-likeness (QED) is 0.763. The summed E-state index contributed by atoms with van der Waals surface area (Å²) in [6.07, 6.45) is 0. The van der Waals surface area contributed by atoms with Crippen molar-refractivity contribution < 1.29 is 4.74 Å². The number of aromatic nitrogens is 2. The Morgan fingerprint density at radius 2 is 2.00 bits per heavy atom. The first kappa shape index (κ1) is 16.2. The highest BCUT2D eigenvalue weighted by Gasteiger charge is 2.22. The zero-order valence-electron chi connectivity index (χ0n) is 13.9. The molecule has 122 valence electrons. The van der Waals surface area contributed by atoms with Gasteiger partial charge in [0, 0.05) is 10.9 Å². The topological polar surface area (TPSA) is 76.9 Å². The van der Waals surface area contributed by atoms with Crippen LogP contribution in [0.3, 0.4) is 0 Å². The van der Waals surface area contributed by atoms with Crippen LogP contribution in [0.2, 0.25) is 5.02 Å². The Balaban J connectivity index is 2.51. The molecule has 0 saturated carbocycles. The lowest BCUT2D eigenvalue weighted by Gasteiger charge is -2.16. The maximum absolute atomic E-state index is 9.54. The standard InChI is InChI=1S/C18H17ClN4O/c1-9-5-6-15(24-4)10(2)16(9)23-17(21)13(8-20)12-7-14(19)11(3)22-18(12)23/h5-7H,21H2,1-4H3. The Hall–Kier alpha value is -2.71. The van der Waals surface area contributed by atoms with E-state index in [0.717, 1.165) is 22.6 Å². The van der Waals surface area contributed by atoms with E-state index in [1.807, 2.05) is 37.5 Å². The number of nitrogens with zero attached hydrogens (tertiary/aromatic N) is 3. The van der Waals surface area contributed by atoms with Crippen LogP contribution in [0.5, 0.6) is 5.75 Å². The highest BCUT2D eigenvalue weighted by molar-refractivity contribution is 6.32. The van der Waals surface area contributed by atoms with Gasteiger partial charge in [-0.1, -0.05) is 17.7 Å². The Labute approximate surface area is 145 Å². The second kappa shape index (κ2) is 5.73. The third-order valence-electron chi connectivity index (χ3n) is 4.25. The average molecular weight is 341 g/mol. The molecule has 0 atom stereocenters. The number of pyridine rings is 1. The number of benzene rings is 1. The van der Waals surface area contributed by atoms with Gasteiger partial charge in [0.25, 0.3) is 0 Å². The monoisotopic (exact) mass is 340 g/mol. The maximum Gasteiger partial charge on any atom is 0.147 e. The summed E-state index contributed by atoms with van der Waals surface area (Å²) in [6.45, 7) is 5.77. The predicted molar refractivity (Wildman–Crippen MR) is 96.0 cm³/mol. The lowest BCUT2D eigenvalue weighted by Crippen LogP contribution is -2.07. The number of fused-ring (bicyclic) bond motifs is 1. The van der Waals surface area contributed by atoms with Crippen molar-refractivity contribution in [2.24, 2.45) is 0 Å². The summed E-state index contributed by atoms with van der Waals surface area (Å²) < 4.78 is 7.24. The number of hydrogen-bond donors (Lipinski definition) is 1. The first-order chi connectivity index (χ1) is 11.4. The molecule has 1 aromatic carbocycles. The first-order valence-corrected chi connectivity index (χ1v) is 7.80. The number of nitrogens with two attached hydrogens (primary N) is 1. The molecule has 3 rings (SSSR count). The number of aryl methyl sites for hydroxylation is 2. The van der Waals surface area contributed by atoms with E-state index < -0.39 is 0 Å². The van der Waals surface area contributed by atoms with Crippen LogP contribution in [0.1, 0.15) is 22.4 Å². The zero-order chi connectivity index (χ0) is 17.6. The SMILES string of the molecule is COc1ccc(C)c(-n2c(N)c(C#N)c3cc(Cl)c(C)nc32)c1C. The molecule has 3 aromatic rings. The molecule has 0 spiro atoms. The third kappa shape index (κ3) is 2.19. The summed E-state index contributed by atoms with van der Waals surface area (Å²) in [5.74, 6) is 1.10. The molecule has 0 radical (unpaired) electrons. The van der Waals surface area contributed by atoms with Gasteiger partial charge < -0.3 is 10.5 Å². The van der Waals surface area contributed by atoms with Gasteiger partial charge in [-0.3, -0.25) is 4.57 Å². The molecular formula is C18H17ClN4O. The number of halogens is 1. The summed E-state index contributed by atoms with van der Waals surface area (Å²) in [7, 11) is 1.63. The Kier molecular flexibility index (Phi) is 3.86. The summed E-state index contributed by atoms with van der Waals surface area (Å²) in [6, 6.07) is 7.79. The summed E-state index contributed by atoms with van der Waals surface area (Å²) in [5.41, 5.74) is 10.8. The number of nitrogen functional groups attached to an aromatic ring is 1. The summed E-state index contributed by atoms with van der Waals surface area (Å²) >= 11 is 6.19. The minimum absolute atomic E-state index is 0.348. The lowest BCUT2D eigenvalue weighted by atomic mass is 10.1. The number of methoxy groups -OCH3 is 1. The van der Waals surface area contributed by atoms with E-state index in [-0.39, 0.29) is 0 Å². The van der Waals surface area contributed by atoms with Gasteiger partial charge in [-0.2, -0.15) is 5.26 Å². The molecular weight excluding hydrogens is 324 g/mol. The van der Waals surface area contributed by atoms with Crippen LogP contribution in [0.4, 0.5) is 5.82 Å².